The molecule has 3 aromatic rings. The van der Waals surface area contributed by atoms with Gasteiger partial charge in [-0.15, -0.1) is 0 Å². The molecule has 4 rings (SSSR count). The van der Waals surface area contributed by atoms with Crippen LogP contribution in [0.1, 0.15) is 50.7 Å². The summed E-state index contributed by atoms with van der Waals surface area (Å²) in [7, 11) is 0. The van der Waals surface area contributed by atoms with Crippen LogP contribution in [0.5, 0.6) is 0 Å². The SMILES string of the molecule is CC(C)[C@@H](NC(=O)[C@@H](N)CS)C(=O)N1CCC[C@H]1C(=O)N[C@H](Cc1ccccc1)C(=O)N[C@@H](CCCNC(=N)N)C(=O)N[C@@H](Cc1c[nH]c2ccccc12)C(=O)N[C@@H](CS)C(=O)O. The number of carboxylic acids is 1. The summed E-state index contributed by atoms with van der Waals surface area (Å²) in [6.45, 7) is 3.91. The molecular formula is C42H59N11O8S2. The smallest absolute Gasteiger partial charge is 0.327 e. The third-order valence-corrected chi connectivity index (χ3v) is 11.4. The number of nitrogens with one attached hydrogen (secondary N) is 8. The number of nitrogens with zero attached hydrogens (tertiary/aromatic N) is 1. The average Bonchev–Trinajstić information content (AvgIpc) is 3.92. The fourth-order valence-corrected chi connectivity index (χ4v) is 7.61. The summed E-state index contributed by atoms with van der Waals surface area (Å²) in [5.74, 6) is -6.10. The number of thiol groups is 2. The van der Waals surface area contributed by atoms with Crippen LogP contribution in [0.25, 0.3) is 10.9 Å². The van der Waals surface area contributed by atoms with Gasteiger partial charge in [-0.1, -0.05) is 62.4 Å². The second-order valence-corrected chi connectivity index (χ2v) is 16.4. The first-order valence-corrected chi connectivity index (χ1v) is 22.0. The van der Waals surface area contributed by atoms with E-state index < -0.39 is 83.7 Å². The van der Waals surface area contributed by atoms with Crippen molar-refractivity contribution < 1.29 is 38.7 Å². The Morgan fingerprint density at radius 3 is 2.08 bits per heavy atom. The summed E-state index contributed by atoms with van der Waals surface area (Å²) in [5, 5.41) is 34.1. The van der Waals surface area contributed by atoms with Crippen LogP contribution in [-0.2, 0) is 46.4 Å². The zero-order valence-electron chi connectivity index (χ0n) is 35.3. The van der Waals surface area contributed by atoms with Gasteiger partial charge in [0.1, 0.15) is 36.3 Å². The summed E-state index contributed by atoms with van der Waals surface area (Å²) in [6, 6.07) is 8.04. The quantitative estimate of drug-likeness (QED) is 0.0251. The van der Waals surface area contributed by atoms with Crippen molar-refractivity contribution in [2.45, 2.75) is 94.7 Å². The van der Waals surface area contributed by atoms with Crippen molar-refractivity contribution in [3.63, 3.8) is 0 Å². The molecule has 2 heterocycles. The second kappa shape index (κ2) is 24.2. The molecule has 19 nitrogen and oxygen atoms in total. The fourth-order valence-electron chi connectivity index (χ4n) is 7.20. The van der Waals surface area contributed by atoms with E-state index in [4.69, 9.17) is 16.9 Å². The molecule has 1 aliphatic heterocycles. The van der Waals surface area contributed by atoms with Crippen LogP contribution in [0, 0.1) is 11.3 Å². The molecule has 21 heteroatoms. The van der Waals surface area contributed by atoms with Gasteiger partial charge < -0.3 is 58.4 Å². The third-order valence-electron chi connectivity index (χ3n) is 10.7. The van der Waals surface area contributed by atoms with E-state index in [-0.39, 0.29) is 68.6 Å². The Kier molecular flexibility index (Phi) is 19.1. The molecule has 0 bridgehead atoms. The molecule has 1 aromatic heterocycles. The molecule has 7 atom stereocenters. The van der Waals surface area contributed by atoms with Gasteiger partial charge in [0.15, 0.2) is 5.96 Å². The summed E-state index contributed by atoms with van der Waals surface area (Å²) < 4.78 is 0. The number of hydrogen-bond acceptors (Lipinski definition) is 11. The number of aromatic amines is 1. The van der Waals surface area contributed by atoms with Gasteiger partial charge in [0.25, 0.3) is 0 Å². The van der Waals surface area contributed by atoms with Crippen LogP contribution in [0.3, 0.4) is 0 Å². The largest absolute Gasteiger partial charge is 0.480 e. The molecule has 2 aromatic carbocycles. The van der Waals surface area contributed by atoms with Crippen LogP contribution >= 0.6 is 25.3 Å². The van der Waals surface area contributed by atoms with Crippen LogP contribution in [-0.4, -0.2) is 129 Å². The molecule has 0 saturated carbocycles. The van der Waals surface area contributed by atoms with Gasteiger partial charge in [-0.05, 0) is 48.8 Å². The maximum absolute atomic E-state index is 14.4. The van der Waals surface area contributed by atoms with Crippen LogP contribution in [0.4, 0.5) is 0 Å². The number of aromatic nitrogens is 1. The van der Waals surface area contributed by atoms with Crippen LogP contribution in [0.15, 0.2) is 60.8 Å². The molecule has 1 aliphatic rings. The zero-order valence-corrected chi connectivity index (χ0v) is 37.1. The Hall–Kier alpha value is -5.80. The molecule has 0 radical (unpaired) electrons. The predicted molar refractivity (Wildman–Crippen MR) is 244 cm³/mol. The predicted octanol–water partition coefficient (Wildman–Crippen LogP) is -0.441. The highest BCUT2D eigenvalue weighted by Crippen LogP contribution is 2.22. The maximum atomic E-state index is 14.4. The number of para-hydroxylation sites is 1. The van der Waals surface area contributed by atoms with Crippen molar-refractivity contribution in [2.75, 3.05) is 24.6 Å². The number of carbonyl (C=O) groups excluding carboxylic acids is 6. The number of nitrogens with two attached hydrogens (primary N) is 2. The van der Waals surface area contributed by atoms with E-state index in [2.05, 4.69) is 62.1 Å². The van der Waals surface area contributed by atoms with Crippen molar-refractivity contribution in [1.82, 2.24) is 41.8 Å². The lowest BCUT2D eigenvalue weighted by Crippen LogP contribution is -2.60. The normalized spacial score (nSPS) is 16.5. The number of amides is 6. The van der Waals surface area contributed by atoms with E-state index >= 15 is 0 Å². The summed E-state index contributed by atoms with van der Waals surface area (Å²) in [6.07, 6.45) is 2.61. The number of benzene rings is 2. The highest BCUT2D eigenvalue weighted by atomic mass is 32.1. The van der Waals surface area contributed by atoms with Crippen molar-refractivity contribution in [3.8, 4) is 0 Å². The lowest BCUT2D eigenvalue weighted by atomic mass is 10.0. The number of hydrogen-bond donors (Lipinski definition) is 13. The number of carbonyl (C=O) groups is 7. The molecule has 63 heavy (non-hydrogen) atoms. The summed E-state index contributed by atoms with van der Waals surface area (Å²) in [5.41, 5.74) is 13.4. The van der Waals surface area contributed by atoms with E-state index in [0.29, 0.717) is 17.5 Å². The van der Waals surface area contributed by atoms with Crippen LogP contribution in [0.2, 0.25) is 0 Å². The first-order valence-electron chi connectivity index (χ1n) is 20.7. The van der Waals surface area contributed by atoms with E-state index in [1.165, 1.54) is 4.90 Å². The van der Waals surface area contributed by atoms with Gasteiger partial charge in [-0.2, -0.15) is 25.3 Å². The fraction of sp³-hybridized carbons (Fsp3) is 0.476. The first kappa shape index (κ1) is 49.9. The molecule has 342 valence electrons. The highest BCUT2D eigenvalue weighted by molar-refractivity contribution is 7.80. The number of H-pyrrole nitrogens is 1. The van der Waals surface area contributed by atoms with Crippen LogP contribution < -0.4 is 43.4 Å². The second-order valence-electron chi connectivity index (χ2n) is 15.7. The minimum atomic E-state index is -1.36. The topological polar surface area (TPSA) is 307 Å². The van der Waals surface area contributed by atoms with E-state index in [1.807, 2.05) is 24.3 Å². The zero-order chi connectivity index (χ0) is 46.2. The number of aliphatic carboxylic acids is 1. The molecule has 1 saturated heterocycles. The molecule has 6 amide bonds. The standard InChI is InChI=1S/C42H59N11O8S2/c1-23(2)34(52-35(54)27(43)21-62)40(59)53-17-9-15-33(53)39(58)50-30(18-24-10-4-3-5-11-24)37(56)48-29(14-8-16-46-42(44)45)36(55)49-31(38(57)51-32(22-63)41(60)61)19-25-20-47-28-13-7-6-12-26(25)28/h3-7,10-13,20,23,27,29-34,47,62-63H,8-9,14-19,21-22,43H2,1-2H3,(H,48,56)(H,49,55)(H,50,58)(H,51,57)(H,52,54)(H,60,61)(H4,44,45,46)/t27-,29-,30+,31-,32-,33-,34+/m0/s1. The minimum Gasteiger partial charge on any atom is -0.480 e. The Balaban J connectivity index is 1.61. The number of likely N-dealkylation sites (tertiary alicyclic amines) is 1. The Morgan fingerprint density at radius 1 is 0.825 bits per heavy atom. The van der Waals surface area contributed by atoms with Gasteiger partial charge in [0.05, 0.1) is 6.04 Å². The summed E-state index contributed by atoms with van der Waals surface area (Å²) in [4.78, 5) is 99.5. The third kappa shape index (κ3) is 14.4. The number of rotatable bonds is 23. The molecular weight excluding hydrogens is 851 g/mol. The van der Waals surface area contributed by atoms with Gasteiger partial charge >= 0.3 is 5.97 Å². The Bertz CT molecular complexity index is 2090. The Labute approximate surface area is 376 Å². The lowest BCUT2D eigenvalue weighted by molar-refractivity contribution is -0.143. The van der Waals surface area contributed by atoms with Gasteiger partial charge in [0, 0.05) is 54.5 Å². The lowest BCUT2D eigenvalue weighted by Gasteiger charge is -2.32. The monoisotopic (exact) mass is 909 g/mol. The van der Waals surface area contributed by atoms with E-state index in [1.54, 1.807) is 50.4 Å². The Morgan fingerprint density at radius 2 is 1.44 bits per heavy atom. The molecule has 0 spiro atoms. The van der Waals surface area contributed by atoms with Gasteiger partial charge in [0.2, 0.25) is 35.4 Å². The molecule has 13 N–H and O–H groups in total. The van der Waals surface area contributed by atoms with Gasteiger partial charge in [-0.3, -0.25) is 34.2 Å². The number of carboxylic acid groups (broad SMARTS) is 1. The highest BCUT2D eigenvalue weighted by Gasteiger charge is 2.40. The minimum absolute atomic E-state index is 0.00248. The average molecular weight is 910 g/mol. The maximum Gasteiger partial charge on any atom is 0.327 e. The molecule has 0 unspecified atom stereocenters. The van der Waals surface area contributed by atoms with Crippen molar-refractivity contribution >= 4 is 83.5 Å². The summed E-state index contributed by atoms with van der Waals surface area (Å²) >= 11 is 8.14. The van der Waals surface area contributed by atoms with Crippen molar-refractivity contribution in [3.05, 3.63) is 71.9 Å². The van der Waals surface area contributed by atoms with Crippen molar-refractivity contribution in [2.24, 2.45) is 17.4 Å². The molecule has 1 fully saturated rings. The van der Waals surface area contributed by atoms with Gasteiger partial charge in [-0.25, -0.2) is 4.79 Å². The van der Waals surface area contributed by atoms with E-state index in [0.717, 1.165) is 10.9 Å². The van der Waals surface area contributed by atoms with Crippen molar-refractivity contribution in [1.29, 1.82) is 5.41 Å². The van der Waals surface area contributed by atoms with E-state index in [9.17, 15) is 38.7 Å². The number of guanidine groups is 1. The number of fused-ring (bicyclic) bond motifs is 1. The first-order chi connectivity index (χ1) is 30.0. The molecule has 0 aliphatic carbocycles.